The first-order valence-electron chi connectivity index (χ1n) is 4.59. The highest BCUT2D eigenvalue weighted by Crippen LogP contribution is 2.28. The molecule has 0 aliphatic carbocycles. The van der Waals surface area contributed by atoms with E-state index in [9.17, 15) is 0 Å². The fourth-order valence-corrected chi connectivity index (χ4v) is 1.63. The summed E-state index contributed by atoms with van der Waals surface area (Å²) in [7, 11) is 1.94. The summed E-state index contributed by atoms with van der Waals surface area (Å²) >= 11 is 0. The van der Waals surface area contributed by atoms with Gasteiger partial charge in [0.25, 0.3) is 0 Å². The predicted molar refractivity (Wildman–Crippen MR) is 56.3 cm³/mol. The minimum Gasteiger partial charge on any atom is -0.320 e. The molecule has 2 heterocycles. The van der Waals surface area contributed by atoms with Gasteiger partial charge in [-0.3, -0.25) is 4.99 Å². The number of anilines is 1. The number of aromatic nitrogens is 2. The van der Waals surface area contributed by atoms with Crippen LogP contribution in [0.1, 0.15) is 18.7 Å². The van der Waals surface area contributed by atoms with E-state index in [0.29, 0.717) is 0 Å². The first-order valence-corrected chi connectivity index (χ1v) is 4.59. The molecule has 0 radical (unpaired) electrons. The maximum atomic E-state index is 7.25. The Balaban J connectivity index is 2.52. The number of imidazole rings is 1. The largest absolute Gasteiger partial charge is 0.320 e. The van der Waals surface area contributed by atoms with E-state index in [4.69, 9.17) is 5.41 Å². The summed E-state index contributed by atoms with van der Waals surface area (Å²) in [6.07, 6.45) is 4.85. The summed E-state index contributed by atoms with van der Waals surface area (Å²) in [5, 5.41) is 7.25. The zero-order valence-electron chi connectivity index (χ0n) is 8.31. The second-order valence-electron chi connectivity index (χ2n) is 3.23. The van der Waals surface area contributed by atoms with Crippen LogP contribution < -0.4 is 4.90 Å². The predicted octanol–water partition coefficient (Wildman–Crippen LogP) is 1.07. The average molecular weight is 191 g/mol. The fraction of sp³-hybridized carbons (Fsp3) is 0.444. The molecule has 14 heavy (non-hydrogen) atoms. The van der Waals surface area contributed by atoms with Crippen molar-refractivity contribution in [3.05, 3.63) is 12.0 Å². The van der Waals surface area contributed by atoms with Gasteiger partial charge in [0.05, 0.1) is 12.7 Å². The van der Waals surface area contributed by atoms with Crippen molar-refractivity contribution in [2.75, 3.05) is 11.9 Å². The molecule has 2 rings (SSSR count). The summed E-state index contributed by atoms with van der Waals surface area (Å²) < 4.78 is 2.05. The fourth-order valence-electron chi connectivity index (χ4n) is 1.63. The van der Waals surface area contributed by atoms with Crippen molar-refractivity contribution in [2.24, 2.45) is 4.99 Å². The molecule has 1 aliphatic rings. The molecule has 0 fully saturated rings. The van der Waals surface area contributed by atoms with Crippen LogP contribution in [-0.2, 0) is 6.54 Å². The monoisotopic (exact) mass is 191 g/mol. The van der Waals surface area contributed by atoms with Crippen molar-refractivity contribution in [1.82, 2.24) is 9.55 Å². The van der Waals surface area contributed by atoms with Crippen molar-refractivity contribution in [1.29, 1.82) is 5.41 Å². The van der Waals surface area contributed by atoms with Gasteiger partial charge in [-0.15, -0.1) is 0 Å². The molecule has 0 aromatic carbocycles. The molecule has 5 nitrogen and oxygen atoms in total. The van der Waals surface area contributed by atoms with Crippen molar-refractivity contribution >= 4 is 18.4 Å². The van der Waals surface area contributed by atoms with E-state index in [1.165, 1.54) is 6.21 Å². The van der Waals surface area contributed by atoms with E-state index in [2.05, 4.69) is 21.5 Å². The van der Waals surface area contributed by atoms with Gasteiger partial charge in [-0.1, -0.05) is 0 Å². The summed E-state index contributed by atoms with van der Waals surface area (Å²) in [6.45, 7) is 2.95. The van der Waals surface area contributed by atoms with E-state index < -0.39 is 0 Å². The van der Waals surface area contributed by atoms with Gasteiger partial charge >= 0.3 is 0 Å². The summed E-state index contributed by atoms with van der Waals surface area (Å²) in [4.78, 5) is 10.4. The van der Waals surface area contributed by atoms with Gasteiger partial charge in [0.15, 0.2) is 0 Å². The van der Waals surface area contributed by atoms with Crippen LogP contribution in [0.3, 0.4) is 0 Å². The third-order valence-corrected chi connectivity index (χ3v) is 2.35. The van der Waals surface area contributed by atoms with Crippen LogP contribution >= 0.6 is 0 Å². The van der Waals surface area contributed by atoms with Crippen LogP contribution in [0.4, 0.5) is 5.82 Å². The molecule has 1 aromatic heterocycles. The van der Waals surface area contributed by atoms with Crippen LogP contribution in [-0.4, -0.2) is 29.2 Å². The highest BCUT2D eigenvalue weighted by atomic mass is 15.3. The lowest BCUT2D eigenvalue weighted by molar-refractivity contribution is 0.753. The highest BCUT2D eigenvalue weighted by molar-refractivity contribution is 5.85. The molecule has 1 aromatic rings. The van der Waals surface area contributed by atoms with Gasteiger partial charge in [-0.05, 0) is 6.92 Å². The van der Waals surface area contributed by atoms with Crippen molar-refractivity contribution in [2.45, 2.75) is 19.5 Å². The Morgan fingerprint density at radius 2 is 2.43 bits per heavy atom. The number of hydrogen-bond acceptors (Lipinski definition) is 4. The van der Waals surface area contributed by atoms with Gasteiger partial charge in [-0.2, -0.15) is 0 Å². The molecule has 0 saturated carbocycles. The molecule has 1 aliphatic heterocycles. The summed E-state index contributed by atoms with van der Waals surface area (Å²) in [6, 6.07) is -0.214. The van der Waals surface area contributed by atoms with E-state index in [1.54, 1.807) is 12.7 Å². The zero-order valence-corrected chi connectivity index (χ0v) is 8.31. The van der Waals surface area contributed by atoms with Gasteiger partial charge in [-0.25, -0.2) is 4.98 Å². The molecule has 0 spiro atoms. The van der Waals surface area contributed by atoms with Gasteiger partial charge in [0.2, 0.25) is 0 Å². The zero-order chi connectivity index (χ0) is 10.1. The Hall–Kier alpha value is -1.65. The Labute approximate surface area is 82.6 Å². The van der Waals surface area contributed by atoms with E-state index in [0.717, 1.165) is 18.1 Å². The molecule has 1 unspecified atom stereocenters. The van der Waals surface area contributed by atoms with Crippen LogP contribution in [0, 0.1) is 5.41 Å². The molecule has 1 N–H and O–H groups in total. The number of fused-ring (bicyclic) bond motifs is 1. The number of rotatable bonds is 2. The van der Waals surface area contributed by atoms with Gasteiger partial charge < -0.3 is 14.9 Å². The van der Waals surface area contributed by atoms with Gasteiger partial charge in [0.1, 0.15) is 17.6 Å². The normalized spacial score (nSPS) is 19.6. The number of nitrogens with zero attached hydrogens (tertiary/aromatic N) is 4. The SMILES string of the molecule is CCn1cnc2c1N(C)C=NC2C=N. The smallest absolute Gasteiger partial charge is 0.139 e. The van der Waals surface area contributed by atoms with Crippen LogP contribution in [0.25, 0.3) is 0 Å². The third kappa shape index (κ3) is 1.13. The minimum absolute atomic E-state index is 0.214. The maximum absolute atomic E-state index is 7.25. The average Bonchev–Trinajstić information content (AvgIpc) is 2.63. The molecule has 0 bridgehead atoms. The molecule has 5 heteroatoms. The second-order valence-corrected chi connectivity index (χ2v) is 3.23. The van der Waals surface area contributed by atoms with E-state index >= 15 is 0 Å². The maximum Gasteiger partial charge on any atom is 0.139 e. The van der Waals surface area contributed by atoms with Crippen molar-refractivity contribution in [3.8, 4) is 0 Å². The quantitative estimate of drug-likeness (QED) is 0.711. The number of aryl methyl sites for hydroxylation is 1. The minimum atomic E-state index is -0.214. The molecular formula is C9H13N5. The lowest BCUT2D eigenvalue weighted by Crippen LogP contribution is -2.24. The lowest BCUT2D eigenvalue weighted by Gasteiger charge is -2.22. The Kier molecular flexibility index (Phi) is 2.07. The molecular weight excluding hydrogens is 178 g/mol. The molecule has 0 saturated heterocycles. The first kappa shape index (κ1) is 8.93. The van der Waals surface area contributed by atoms with Crippen molar-refractivity contribution in [3.63, 3.8) is 0 Å². The van der Waals surface area contributed by atoms with E-state index in [1.807, 2.05) is 11.9 Å². The van der Waals surface area contributed by atoms with Crippen LogP contribution in [0.2, 0.25) is 0 Å². The Morgan fingerprint density at radius 3 is 3.07 bits per heavy atom. The molecule has 74 valence electrons. The lowest BCUT2D eigenvalue weighted by atomic mass is 10.2. The van der Waals surface area contributed by atoms with Crippen LogP contribution in [0.15, 0.2) is 11.3 Å². The summed E-state index contributed by atoms with van der Waals surface area (Å²) in [5.74, 6) is 1.04. The second kappa shape index (κ2) is 3.25. The first-order chi connectivity index (χ1) is 6.77. The number of hydrogen-bond donors (Lipinski definition) is 1. The standard InChI is InChI=1S/C9H13N5/c1-3-14-6-12-8-7(4-10)11-5-13(2)9(8)14/h4-7,10H,3H2,1-2H3. The molecule has 1 atom stereocenters. The summed E-state index contributed by atoms with van der Waals surface area (Å²) in [5.41, 5.74) is 0.867. The number of nitrogens with one attached hydrogen (secondary N) is 1. The van der Waals surface area contributed by atoms with Gasteiger partial charge in [0, 0.05) is 19.8 Å². The van der Waals surface area contributed by atoms with E-state index in [-0.39, 0.29) is 6.04 Å². The Bertz CT molecular complexity index is 379. The number of aliphatic imine (C=N–C) groups is 1. The van der Waals surface area contributed by atoms with Crippen LogP contribution in [0.5, 0.6) is 0 Å². The molecule has 0 amide bonds. The highest BCUT2D eigenvalue weighted by Gasteiger charge is 2.23. The third-order valence-electron chi connectivity index (χ3n) is 2.35. The Morgan fingerprint density at radius 1 is 1.64 bits per heavy atom. The topological polar surface area (TPSA) is 57.3 Å². The van der Waals surface area contributed by atoms with Crippen molar-refractivity contribution < 1.29 is 0 Å².